The van der Waals surface area contributed by atoms with Crippen molar-refractivity contribution in [2.24, 2.45) is 0 Å². The van der Waals surface area contributed by atoms with Crippen LogP contribution >= 0.6 is 0 Å². The maximum atomic E-state index is 6.11. The number of anilines is 1. The van der Waals surface area contributed by atoms with Gasteiger partial charge in [-0.3, -0.25) is 0 Å². The lowest BCUT2D eigenvalue weighted by Crippen LogP contribution is -2.25. The summed E-state index contributed by atoms with van der Waals surface area (Å²) < 4.78 is 7.94. The normalized spacial score (nSPS) is 31.4. The Balaban J connectivity index is 1.81. The second-order valence-corrected chi connectivity index (χ2v) is 7.15. The fourth-order valence-electron chi connectivity index (χ4n) is 3.61. The van der Waals surface area contributed by atoms with Gasteiger partial charge in [0, 0.05) is 18.6 Å². The van der Waals surface area contributed by atoms with Crippen molar-refractivity contribution >= 4 is 5.82 Å². The zero-order valence-corrected chi connectivity index (χ0v) is 12.3. The lowest BCUT2D eigenvalue weighted by Gasteiger charge is -2.22. The van der Waals surface area contributed by atoms with Crippen LogP contribution in [0.4, 0.5) is 5.82 Å². The van der Waals surface area contributed by atoms with Crippen LogP contribution in [0.2, 0.25) is 0 Å². The quantitative estimate of drug-likeness (QED) is 0.847. The third-order valence-electron chi connectivity index (χ3n) is 4.56. The van der Waals surface area contributed by atoms with Crippen molar-refractivity contribution in [1.82, 2.24) is 9.78 Å². The third kappa shape index (κ3) is 2.27. The van der Waals surface area contributed by atoms with Gasteiger partial charge < -0.3 is 10.5 Å². The first kappa shape index (κ1) is 13.0. The minimum atomic E-state index is -0.0531. The summed E-state index contributed by atoms with van der Waals surface area (Å²) in [6, 6.07) is 2.06. The first-order valence-electron chi connectivity index (χ1n) is 7.40. The number of nitrogen functional groups attached to an aromatic ring is 1. The van der Waals surface area contributed by atoms with Crippen LogP contribution in [0.15, 0.2) is 6.07 Å². The summed E-state index contributed by atoms with van der Waals surface area (Å²) in [6.07, 6.45) is 5.92. The molecule has 1 aromatic rings. The number of hydrogen-bond acceptors (Lipinski definition) is 3. The van der Waals surface area contributed by atoms with Crippen molar-refractivity contribution in [3.63, 3.8) is 0 Å². The molecular formula is C15H25N3O. The molecule has 0 bridgehead atoms. The molecule has 0 radical (unpaired) electrons. The summed E-state index contributed by atoms with van der Waals surface area (Å²) in [5.41, 5.74) is 7.37. The minimum Gasteiger partial charge on any atom is -0.384 e. The summed E-state index contributed by atoms with van der Waals surface area (Å²) in [7, 11) is 0. The molecule has 2 unspecified atom stereocenters. The Bertz CT molecular complexity index is 466. The topological polar surface area (TPSA) is 53.1 Å². The molecule has 4 nitrogen and oxygen atoms in total. The first-order valence-corrected chi connectivity index (χ1v) is 7.40. The Morgan fingerprint density at radius 1 is 1.42 bits per heavy atom. The SMILES string of the molecule is CC(C)(C)n1nc(C2CCC3(CCCO3)C2)cc1N. The molecule has 1 aliphatic carbocycles. The van der Waals surface area contributed by atoms with Gasteiger partial charge in [0.25, 0.3) is 0 Å². The molecular weight excluding hydrogens is 238 g/mol. The predicted molar refractivity (Wildman–Crippen MR) is 76.1 cm³/mol. The number of nitrogens with two attached hydrogens (primary N) is 1. The summed E-state index contributed by atoms with van der Waals surface area (Å²) in [5.74, 6) is 1.29. The van der Waals surface area contributed by atoms with E-state index in [1.807, 2.05) is 4.68 Å². The Hall–Kier alpha value is -1.03. The van der Waals surface area contributed by atoms with E-state index in [4.69, 9.17) is 15.6 Å². The molecule has 1 aromatic heterocycles. The zero-order chi connectivity index (χ0) is 13.7. The van der Waals surface area contributed by atoms with E-state index >= 15 is 0 Å². The number of ether oxygens (including phenoxy) is 1. The number of rotatable bonds is 1. The van der Waals surface area contributed by atoms with Crippen molar-refractivity contribution < 1.29 is 4.74 Å². The van der Waals surface area contributed by atoms with Crippen molar-refractivity contribution in [1.29, 1.82) is 0 Å². The van der Waals surface area contributed by atoms with Gasteiger partial charge in [-0.25, -0.2) is 4.68 Å². The molecule has 2 heterocycles. The van der Waals surface area contributed by atoms with Crippen molar-refractivity contribution in [2.75, 3.05) is 12.3 Å². The molecule has 0 amide bonds. The van der Waals surface area contributed by atoms with Crippen LogP contribution in [0.25, 0.3) is 0 Å². The van der Waals surface area contributed by atoms with Crippen LogP contribution in [0.3, 0.4) is 0 Å². The average molecular weight is 263 g/mol. The molecule has 2 N–H and O–H groups in total. The van der Waals surface area contributed by atoms with Crippen molar-refractivity contribution in [3.05, 3.63) is 11.8 Å². The molecule has 2 atom stereocenters. The highest BCUT2D eigenvalue weighted by Crippen LogP contribution is 2.47. The lowest BCUT2D eigenvalue weighted by atomic mass is 9.95. The molecule has 106 valence electrons. The van der Waals surface area contributed by atoms with E-state index in [0.717, 1.165) is 24.5 Å². The Morgan fingerprint density at radius 2 is 2.21 bits per heavy atom. The summed E-state index contributed by atoms with van der Waals surface area (Å²) in [5, 5.41) is 4.75. The number of hydrogen-bond donors (Lipinski definition) is 1. The van der Waals surface area contributed by atoms with Gasteiger partial charge in [0.05, 0.1) is 16.8 Å². The minimum absolute atomic E-state index is 0.0531. The lowest BCUT2D eigenvalue weighted by molar-refractivity contribution is 0.00920. The van der Waals surface area contributed by atoms with Crippen LogP contribution in [0.5, 0.6) is 0 Å². The van der Waals surface area contributed by atoms with Gasteiger partial charge in [0.15, 0.2) is 0 Å². The van der Waals surface area contributed by atoms with Gasteiger partial charge in [0.2, 0.25) is 0 Å². The van der Waals surface area contributed by atoms with E-state index < -0.39 is 0 Å². The second kappa shape index (κ2) is 4.23. The van der Waals surface area contributed by atoms with Gasteiger partial charge in [-0.05, 0) is 52.9 Å². The molecule has 3 rings (SSSR count). The van der Waals surface area contributed by atoms with Crippen LogP contribution < -0.4 is 5.73 Å². The van der Waals surface area contributed by atoms with Gasteiger partial charge in [-0.1, -0.05) is 0 Å². The Morgan fingerprint density at radius 3 is 2.79 bits per heavy atom. The first-order chi connectivity index (χ1) is 8.90. The molecule has 1 aliphatic heterocycles. The van der Waals surface area contributed by atoms with Gasteiger partial charge >= 0.3 is 0 Å². The van der Waals surface area contributed by atoms with Gasteiger partial charge in [-0.15, -0.1) is 0 Å². The van der Waals surface area contributed by atoms with Crippen LogP contribution in [0.1, 0.15) is 64.5 Å². The molecule has 19 heavy (non-hydrogen) atoms. The highest BCUT2D eigenvalue weighted by Gasteiger charge is 2.43. The molecule has 0 aromatic carbocycles. The Kier molecular flexibility index (Phi) is 2.89. The van der Waals surface area contributed by atoms with Gasteiger partial charge in [-0.2, -0.15) is 5.10 Å². The van der Waals surface area contributed by atoms with Crippen LogP contribution in [0, 0.1) is 0 Å². The van der Waals surface area contributed by atoms with Crippen molar-refractivity contribution in [3.8, 4) is 0 Å². The molecule has 2 fully saturated rings. The highest BCUT2D eigenvalue weighted by atomic mass is 16.5. The third-order valence-corrected chi connectivity index (χ3v) is 4.56. The molecule has 1 saturated heterocycles. The van der Waals surface area contributed by atoms with Crippen LogP contribution in [-0.4, -0.2) is 22.0 Å². The van der Waals surface area contributed by atoms with Crippen molar-refractivity contribution in [2.45, 2.75) is 69.9 Å². The summed E-state index contributed by atoms with van der Waals surface area (Å²) in [4.78, 5) is 0. The number of aromatic nitrogens is 2. The van der Waals surface area contributed by atoms with E-state index in [1.54, 1.807) is 0 Å². The Labute approximate surface area is 115 Å². The van der Waals surface area contributed by atoms with E-state index in [0.29, 0.717) is 5.92 Å². The summed E-state index contributed by atoms with van der Waals surface area (Å²) >= 11 is 0. The van der Waals surface area contributed by atoms with E-state index in [9.17, 15) is 0 Å². The fraction of sp³-hybridized carbons (Fsp3) is 0.800. The van der Waals surface area contributed by atoms with E-state index in [2.05, 4.69) is 26.8 Å². The molecule has 2 aliphatic rings. The highest BCUT2D eigenvalue weighted by molar-refractivity contribution is 5.34. The second-order valence-electron chi connectivity index (χ2n) is 7.15. The zero-order valence-electron chi connectivity index (χ0n) is 12.3. The van der Waals surface area contributed by atoms with Gasteiger partial charge in [0.1, 0.15) is 5.82 Å². The number of nitrogens with zero attached hydrogens (tertiary/aromatic N) is 2. The molecule has 1 saturated carbocycles. The molecule has 4 heteroatoms. The van der Waals surface area contributed by atoms with E-state index in [1.165, 1.54) is 25.7 Å². The maximum Gasteiger partial charge on any atom is 0.122 e. The predicted octanol–water partition coefficient (Wildman–Crippen LogP) is 3.04. The maximum absolute atomic E-state index is 6.11. The monoisotopic (exact) mass is 263 g/mol. The smallest absolute Gasteiger partial charge is 0.122 e. The largest absolute Gasteiger partial charge is 0.384 e. The summed E-state index contributed by atoms with van der Waals surface area (Å²) in [6.45, 7) is 7.34. The van der Waals surface area contributed by atoms with Crippen LogP contribution in [-0.2, 0) is 10.3 Å². The fourth-order valence-corrected chi connectivity index (χ4v) is 3.61. The molecule has 1 spiro atoms. The van der Waals surface area contributed by atoms with E-state index in [-0.39, 0.29) is 11.1 Å². The average Bonchev–Trinajstić information content (AvgIpc) is 2.99. The standard InChI is InChI=1S/C15H25N3O/c1-14(2,3)18-13(16)9-12(17-18)11-5-7-15(10-11)6-4-8-19-15/h9,11H,4-8,10,16H2,1-3H3.